The van der Waals surface area contributed by atoms with E-state index in [1.807, 2.05) is 23.7 Å². The first-order valence-corrected chi connectivity index (χ1v) is 7.80. The molecule has 1 aromatic carbocycles. The van der Waals surface area contributed by atoms with Crippen LogP contribution in [0.4, 0.5) is 4.39 Å². The molecule has 1 heterocycles. The van der Waals surface area contributed by atoms with Gasteiger partial charge in [0.1, 0.15) is 5.82 Å². The smallest absolute Gasteiger partial charge is 0.255 e. The minimum Gasteiger partial charge on any atom is -0.315 e. The molecule has 4 heteroatoms. The second kappa shape index (κ2) is 7.90. The van der Waals surface area contributed by atoms with E-state index in [0.717, 1.165) is 36.1 Å². The average Bonchev–Trinajstić information content (AvgIpc) is 2.52. The first-order valence-electron chi connectivity index (χ1n) is 7.80. The van der Waals surface area contributed by atoms with E-state index in [1.54, 1.807) is 12.1 Å². The zero-order valence-electron chi connectivity index (χ0n) is 13.2. The number of unbranched alkanes of at least 4 members (excludes halogenated alkanes) is 2. The summed E-state index contributed by atoms with van der Waals surface area (Å²) in [5.41, 5.74) is 2.50. The second-order valence-corrected chi connectivity index (χ2v) is 5.44. The van der Waals surface area contributed by atoms with Crippen molar-refractivity contribution >= 4 is 0 Å². The lowest BCUT2D eigenvalue weighted by molar-refractivity contribution is 0.586. The lowest BCUT2D eigenvalue weighted by Gasteiger charge is -2.15. The third kappa shape index (κ3) is 3.83. The van der Waals surface area contributed by atoms with Crippen molar-refractivity contribution in [2.75, 3.05) is 7.05 Å². The van der Waals surface area contributed by atoms with Gasteiger partial charge in [0.2, 0.25) is 0 Å². The van der Waals surface area contributed by atoms with Gasteiger partial charge in [0.15, 0.2) is 0 Å². The van der Waals surface area contributed by atoms with Crippen LogP contribution in [0.3, 0.4) is 0 Å². The molecule has 0 unspecified atom stereocenters. The molecule has 1 N–H and O–H groups in total. The summed E-state index contributed by atoms with van der Waals surface area (Å²) in [7, 11) is 1.83. The summed E-state index contributed by atoms with van der Waals surface area (Å²) in [5, 5.41) is 3.02. The molecule has 0 saturated heterocycles. The van der Waals surface area contributed by atoms with E-state index < -0.39 is 0 Å². The summed E-state index contributed by atoms with van der Waals surface area (Å²) in [5.74, 6) is -0.268. The molecule has 3 nitrogen and oxygen atoms in total. The Kier molecular flexibility index (Phi) is 5.90. The molecule has 0 aliphatic heterocycles. The number of aromatic nitrogens is 1. The van der Waals surface area contributed by atoms with Gasteiger partial charge in [0.25, 0.3) is 5.56 Å². The van der Waals surface area contributed by atoms with Crippen LogP contribution >= 0.6 is 0 Å². The number of pyridine rings is 1. The van der Waals surface area contributed by atoms with E-state index in [1.165, 1.54) is 12.1 Å². The molecule has 0 bridgehead atoms. The van der Waals surface area contributed by atoms with Crippen molar-refractivity contribution in [1.82, 2.24) is 9.88 Å². The summed E-state index contributed by atoms with van der Waals surface area (Å²) in [6.07, 6.45) is 3.16. The van der Waals surface area contributed by atoms with Crippen molar-refractivity contribution in [2.45, 2.75) is 39.3 Å². The van der Waals surface area contributed by atoms with Gasteiger partial charge in [0.05, 0.1) is 5.69 Å². The van der Waals surface area contributed by atoms with Crippen molar-refractivity contribution in [3.8, 4) is 11.3 Å². The molecule has 0 atom stereocenters. The highest BCUT2D eigenvalue weighted by Crippen LogP contribution is 2.19. The third-order valence-corrected chi connectivity index (χ3v) is 3.75. The fourth-order valence-corrected chi connectivity index (χ4v) is 2.56. The first kappa shape index (κ1) is 16.4. The van der Waals surface area contributed by atoms with Crippen molar-refractivity contribution in [3.05, 3.63) is 58.1 Å². The molecule has 2 aromatic rings. The van der Waals surface area contributed by atoms with Crippen molar-refractivity contribution in [2.24, 2.45) is 0 Å². The van der Waals surface area contributed by atoms with Crippen LogP contribution in [0.5, 0.6) is 0 Å². The van der Waals surface area contributed by atoms with Crippen molar-refractivity contribution in [3.63, 3.8) is 0 Å². The van der Waals surface area contributed by atoms with Crippen molar-refractivity contribution < 1.29 is 4.39 Å². The minimum atomic E-state index is -0.268. The SMILES string of the molecule is CCCCCn1c(-c2ccc(F)cc2)ccc(CNC)c1=O. The molecule has 22 heavy (non-hydrogen) atoms. The number of hydrogen-bond donors (Lipinski definition) is 1. The summed E-state index contributed by atoms with van der Waals surface area (Å²) in [6.45, 7) is 3.38. The number of halogens is 1. The van der Waals surface area contributed by atoms with E-state index in [-0.39, 0.29) is 11.4 Å². The van der Waals surface area contributed by atoms with Gasteiger partial charge in [0, 0.05) is 18.7 Å². The average molecular weight is 302 g/mol. The molecule has 0 spiro atoms. The summed E-state index contributed by atoms with van der Waals surface area (Å²) < 4.78 is 14.9. The van der Waals surface area contributed by atoms with E-state index in [2.05, 4.69) is 12.2 Å². The molecule has 0 amide bonds. The van der Waals surface area contributed by atoms with Crippen LogP contribution in [-0.2, 0) is 13.1 Å². The maximum Gasteiger partial charge on any atom is 0.255 e. The topological polar surface area (TPSA) is 34.0 Å². The Hall–Kier alpha value is -1.94. The van der Waals surface area contributed by atoms with Crippen LogP contribution in [0.2, 0.25) is 0 Å². The maximum atomic E-state index is 13.1. The Morgan fingerprint density at radius 2 is 1.82 bits per heavy atom. The van der Waals surface area contributed by atoms with Crippen LogP contribution < -0.4 is 10.9 Å². The van der Waals surface area contributed by atoms with Gasteiger partial charge in [-0.2, -0.15) is 0 Å². The second-order valence-electron chi connectivity index (χ2n) is 5.44. The highest BCUT2D eigenvalue weighted by Gasteiger charge is 2.10. The van der Waals surface area contributed by atoms with Gasteiger partial charge in [-0.05, 0) is 49.4 Å². The van der Waals surface area contributed by atoms with Crippen molar-refractivity contribution in [1.29, 1.82) is 0 Å². The molecule has 118 valence electrons. The van der Waals surface area contributed by atoms with Gasteiger partial charge >= 0.3 is 0 Å². The monoisotopic (exact) mass is 302 g/mol. The lowest BCUT2D eigenvalue weighted by atomic mass is 10.1. The van der Waals surface area contributed by atoms with E-state index in [9.17, 15) is 9.18 Å². The maximum absolute atomic E-state index is 13.1. The predicted molar refractivity (Wildman–Crippen MR) is 88.4 cm³/mol. The highest BCUT2D eigenvalue weighted by atomic mass is 19.1. The number of nitrogens with one attached hydrogen (secondary N) is 1. The number of benzene rings is 1. The van der Waals surface area contributed by atoms with Gasteiger partial charge in [-0.3, -0.25) is 4.79 Å². The van der Waals surface area contributed by atoms with Gasteiger partial charge < -0.3 is 9.88 Å². The van der Waals surface area contributed by atoms with Crippen LogP contribution in [0.15, 0.2) is 41.2 Å². The molecule has 0 saturated carbocycles. The highest BCUT2D eigenvalue weighted by molar-refractivity contribution is 5.59. The van der Waals surface area contributed by atoms with Gasteiger partial charge in [-0.25, -0.2) is 4.39 Å². The predicted octanol–water partition coefficient (Wildman–Crippen LogP) is 3.56. The largest absolute Gasteiger partial charge is 0.315 e. The summed E-state index contributed by atoms with van der Waals surface area (Å²) in [4.78, 5) is 12.7. The quantitative estimate of drug-likeness (QED) is 0.793. The van der Waals surface area contributed by atoms with Gasteiger partial charge in [-0.15, -0.1) is 0 Å². The van der Waals surface area contributed by atoms with Gasteiger partial charge in [-0.1, -0.05) is 25.8 Å². The summed E-state index contributed by atoms with van der Waals surface area (Å²) in [6, 6.07) is 10.1. The first-order chi connectivity index (χ1) is 10.7. The van der Waals surface area contributed by atoms with E-state index >= 15 is 0 Å². The molecule has 0 aliphatic rings. The van der Waals surface area contributed by atoms with Crippen LogP contribution in [0, 0.1) is 5.82 Å². The standard InChI is InChI=1S/C18H23FN2O/c1-3-4-5-12-21-17(14-6-9-16(19)10-7-14)11-8-15(13-20-2)18(21)22/h6-11,20H,3-5,12-13H2,1-2H3. The third-order valence-electron chi connectivity index (χ3n) is 3.75. The Morgan fingerprint density at radius 1 is 1.09 bits per heavy atom. The molecule has 0 fully saturated rings. The molecule has 1 aromatic heterocycles. The minimum absolute atomic E-state index is 0.0345. The summed E-state index contributed by atoms with van der Waals surface area (Å²) >= 11 is 0. The Labute approximate surface area is 130 Å². The normalized spacial score (nSPS) is 10.9. The van der Waals surface area contributed by atoms with E-state index in [0.29, 0.717) is 13.1 Å². The van der Waals surface area contributed by atoms with E-state index in [4.69, 9.17) is 0 Å². The molecular formula is C18H23FN2O. The Morgan fingerprint density at radius 3 is 2.45 bits per heavy atom. The molecule has 2 rings (SSSR count). The number of nitrogens with zero attached hydrogens (tertiary/aromatic N) is 1. The fraction of sp³-hybridized carbons (Fsp3) is 0.389. The number of hydrogen-bond acceptors (Lipinski definition) is 2. The Balaban J connectivity index is 2.45. The van der Waals surface area contributed by atoms with Crippen LogP contribution in [0.25, 0.3) is 11.3 Å². The zero-order valence-corrected chi connectivity index (χ0v) is 13.2. The molecule has 0 radical (unpaired) electrons. The van der Waals surface area contributed by atoms with Crippen LogP contribution in [-0.4, -0.2) is 11.6 Å². The fourth-order valence-electron chi connectivity index (χ4n) is 2.56. The molecule has 0 aliphatic carbocycles. The lowest BCUT2D eigenvalue weighted by Crippen LogP contribution is -2.27. The molecular weight excluding hydrogens is 279 g/mol. The Bertz CT molecular complexity index is 662. The number of rotatable bonds is 7. The van der Waals surface area contributed by atoms with Crippen LogP contribution in [0.1, 0.15) is 31.7 Å². The zero-order chi connectivity index (χ0) is 15.9.